The molecule has 0 aromatic carbocycles. The maximum Gasteiger partial charge on any atom is 0.206 e. The zero-order valence-electron chi connectivity index (χ0n) is 5.16. The lowest BCUT2D eigenvalue weighted by molar-refractivity contribution is 0.100. The summed E-state index contributed by atoms with van der Waals surface area (Å²) in [6.07, 6.45) is 1.44. The van der Waals surface area contributed by atoms with Crippen molar-refractivity contribution in [2.24, 2.45) is 0 Å². The Morgan fingerprint density at radius 3 is 3.00 bits per heavy atom. The number of carbonyl (C=O) groups is 1. The largest absolute Gasteiger partial charge is 0.293 e. The molecule has 1 aromatic heterocycles. The second-order valence-electron chi connectivity index (χ2n) is 1.72. The molecule has 0 aliphatic heterocycles. The molecule has 0 fully saturated rings. The lowest BCUT2D eigenvalue weighted by Gasteiger charge is -1.85. The van der Waals surface area contributed by atoms with E-state index in [-0.39, 0.29) is 12.2 Å². The lowest BCUT2D eigenvalue weighted by Crippen LogP contribution is -1.94. The highest BCUT2D eigenvalue weighted by Crippen LogP contribution is 2.09. The SMILES string of the molecule is O=[C]CC(=O)c1cccs1. The molecule has 0 saturated carbocycles. The van der Waals surface area contributed by atoms with Gasteiger partial charge in [0.1, 0.15) is 0 Å². The van der Waals surface area contributed by atoms with Crippen LogP contribution in [0.4, 0.5) is 0 Å². The van der Waals surface area contributed by atoms with Crippen molar-refractivity contribution < 1.29 is 9.59 Å². The fraction of sp³-hybridized carbons (Fsp3) is 0.143. The van der Waals surface area contributed by atoms with E-state index in [1.165, 1.54) is 11.3 Å². The predicted molar refractivity (Wildman–Crippen MR) is 39.0 cm³/mol. The normalized spacial score (nSPS) is 9.20. The van der Waals surface area contributed by atoms with Gasteiger partial charge in [0.15, 0.2) is 5.78 Å². The van der Waals surface area contributed by atoms with Gasteiger partial charge < -0.3 is 0 Å². The smallest absolute Gasteiger partial charge is 0.206 e. The lowest BCUT2D eigenvalue weighted by atomic mass is 10.2. The van der Waals surface area contributed by atoms with Crippen LogP contribution in [0.3, 0.4) is 0 Å². The summed E-state index contributed by atoms with van der Waals surface area (Å²) in [5.41, 5.74) is 0. The molecule has 3 heteroatoms. The first kappa shape index (κ1) is 7.15. The minimum atomic E-state index is -0.148. The molecule has 0 spiro atoms. The second kappa shape index (κ2) is 3.27. The molecule has 0 bridgehead atoms. The van der Waals surface area contributed by atoms with E-state index in [1.807, 2.05) is 0 Å². The molecule has 51 valence electrons. The van der Waals surface area contributed by atoms with Gasteiger partial charge >= 0.3 is 0 Å². The fourth-order valence-corrected chi connectivity index (χ4v) is 1.25. The third kappa shape index (κ3) is 1.51. The first-order valence-corrected chi connectivity index (χ1v) is 3.64. The highest BCUT2D eigenvalue weighted by molar-refractivity contribution is 7.12. The minimum Gasteiger partial charge on any atom is -0.293 e. The molecule has 0 saturated heterocycles. The van der Waals surface area contributed by atoms with E-state index >= 15 is 0 Å². The number of Topliss-reactive ketones (excluding diaryl/α,β-unsaturated/α-hetero) is 1. The third-order valence-corrected chi connectivity index (χ3v) is 1.94. The van der Waals surface area contributed by atoms with E-state index in [0.717, 1.165) is 0 Å². The number of rotatable bonds is 3. The Hall–Kier alpha value is -0.960. The van der Waals surface area contributed by atoms with Crippen molar-refractivity contribution in [3.8, 4) is 0 Å². The Bertz CT molecular complexity index is 226. The highest BCUT2D eigenvalue weighted by Gasteiger charge is 2.04. The standard InChI is InChI=1S/C7H5O2S/c8-4-3-6(9)7-2-1-5-10-7/h1-2,5H,3H2. The molecule has 0 aliphatic rings. The van der Waals surface area contributed by atoms with Crippen molar-refractivity contribution >= 4 is 23.4 Å². The number of hydrogen-bond acceptors (Lipinski definition) is 3. The quantitative estimate of drug-likeness (QED) is 0.486. The van der Waals surface area contributed by atoms with Crippen LogP contribution in [0.25, 0.3) is 0 Å². The Morgan fingerprint density at radius 2 is 2.50 bits per heavy atom. The molecular formula is C7H5O2S. The van der Waals surface area contributed by atoms with Crippen LogP contribution in [0, 0.1) is 0 Å². The summed E-state index contributed by atoms with van der Waals surface area (Å²) in [6.45, 7) is 0. The second-order valence-corrected chi connectivity index (χ2v) is 2.67. The van der Waals surface area contributed by atoms with E-state index in [0.29, 0.717) is 4.88 Å². The van der Waals surface area contributed by atoms with Crippen LogP contribution >= 0.6 is 11.3 Å². The van der Waals surface area contributed by atoms with Crippen LogP contribution in [0.2, 0.25) is 0 Å². The molecule has 0 amide bonds. The third-order valence-electron chi connectivity index (χ3n) is 1.03. The van der Waals surface area contributed by atoms with Gasteiger partial charge in [0.25, 0.3) is 0 Å². The molecular weight excluding hydrogens is 148 g/mol. The van der Waals surface area contributed by atoms with E-state index in [4.69, 9.17) is 0 Å². The van der Waals surface area contributed by atoms with E-state index < -0.39 is 0 Å². The predicted octanol–water partition coefficient (Wildman–Crippen LogP) is 1.43. The average Bonchev–Trinajstić information content (AvgIpc) is 2.38. The van der Waals surface area contributed by atoms with Gasteiger partial charge in [0.2, 0.25) is 6.29 Å². The molecule has 0 aliphatic carbocycles. The van der Waals surface area contributed by atoms with Crippen molar-refractivity contribution in [2.45, 2.75) is 6.42 Å². The van der Waals surface area contributed by atoms with Crippen molar-refractivity contribution in [3.63, 3.8) is 0 Å². The molecule has 0 N–H and O–H groups in total. The van der Waals surface area contributed by atoms with E-state index in [2.05, 4.69) is 0 Å². The summed E-state index contributed by atoms with van der Waals surface area (Å²) in [7, 11) is 0. The molecule has 0 atom stereocenters. The Labute approximate surface area is 62.5 Å². The van der Waals surface area contributed by atoms with Gasteiger partial charge in [0, 0.05) is 0 Å². The number of hydrogen-bond donors (Lipinski definition) is 0. The van der Waals surface area contributed by atoms with Gasteiger partial charge in [-0.2, -0.15) is 0 Å². The van der Waals surface area contributed by atoms with Crippen LogP contribution in [0.1, 0.15) is 16.1 Å². The van der Waals surface area contributed by atoms with E-state index in [9.17, 15) is 9.59 Å². The van der Waals surface area contributed by atoms with Gasteiger partial charge in [-0.15, -0.1) is 11.3 Å². The summed E-state index contributed by atoms with van der Waals surface area (Å²) >= 11 is 1.34. The first-order chi connectivity index (χ1) is 4.84. The molecule has 0 unspecified atom stereocenters. The van der Waals surface area contributed by atoms with Crippen LogP contribution in [0.15, 0.2) is 17.5 Å². The summed E-state index contributed by atoms with van der Waals surface area (Å²) in [5, 5.41) is 1.80. The minimum absolute atomic E-state index is 0.124. The zero-order chi connectivity index (χ0) is 7.40. The fourth-order valence-electron chi connectivity index (χ4n) is 0.590. The Balaban J connectivity index is 2.68. The van der Waals surface area contributed by atoms with Gasteiger partial charge in [0.05, 0.1) is 11.3 Å². The average molecular weight is 153 g/mol. The summed E-state index contributed by atoms with van der Waals surface area (Å²) in [5.74, 6) is -0.148. The van der Waals surface area contributed by atoms with Crippen molar-refractivity contribution in [2.75, 3.05) is 0 Å². The molecule has 1 rings (SSSR count). The van der Waals surface area contributed by atoms with Crippen molar-refractivity contribution in [1.29, 1.82) is 0 Å². The summed E-state index contributed by atoms with van der Waals surface area (Å²) in [6, 6.07) is 3.48. The number of ketones is 1. The summed E-state index contributed by atoms with van der Waals surface area (Å²) < 4.78 is 0. The Kier molecular flexibility index (Phi) is 2.34. The molecule has 1 aromatic rings. The van der Waals surface area contributed by atoms with Crippen LogP contribution in [0.5, 0.6) is 0 Å². The van der Waals surface area contributed by atoms with Crippen molar-refractivity contribution in [1.82, 2.24) is 0 Å². The van der Waals surface area contributed by atoms with Gasteiger partial charge in [-0.25, -0.2) is 0 Å². The molecule has 2 nitrogen and oxygen atoms in total. The van der Waals surface area contributed by atoms with Gasteiger partial charge in [-0.1, -0.05) is 6.07 Å². The topological polar surface area (TPSA) is 34.1 Å². The molecule has 1 radical (unpaired) electrons. The van der Waals surface area contributed by atoms with Crippen LogP contribution in [-0.4, -0.2) is 12.1 Å². The summed E-state index contributed by atoms with van der Waals surface area (Å²) in [4.78, 5) is 21.3. The number of carbonyl (C=O) groups excluding carboxylic acids is 2. The van der Waals surface area contributed by atoms with Crippen LogP contribution < -0.4 is 0 Å². The van der Waals surface area contributed by atoms with Gasteiger partial charge in [-0.05, 0) is 11.4 Å². The van der Waals surface area contributed by atoms with E-state index in [1.54, 1.807) is 23.8 Å². The highest BCUT2D eigenvalue weighted by atomic mass is 32.1. The molecule has 10 heavy (non-hydrogen) atoms. The maximum atomic E-state index is 10.9. The Morgan fingerprint density at radius 1 is 1.70 bits per heavy atom. The monoisotopic (exact) mass is 153 g/mol. The molecule has 1 heterocycles. The first-order valence-electron chi connectivity index (χ1n) is 2.76. The van der Waals surface area contributed by atoms with Crippen LogP contribution in [-0.2, 0) is 4.79 Å². The zero-order valence-corrected chi connectivity index (χ0v) is 5.98. The van der Waals surface area contributed by atoms with Gasteiger partial charge in [-0.3, -0.25) is 9.59 Å². The number of thiophene rings is 1. The maximum absolute atomic E-state index is 10.9. The van der Waals surface area contributed by atoms with Crippen molar-refractivity contribution in [3.05, 3.63) is 22.4 Å².